The lowest BCUT2D eigenvalue weighted by Crippen LogP contribution is -2.73. The van der Waals surface area contributed by atoms with E-state index in [4.69, 9.17) is 5.32 Å². The topological polar surface area (TPSA) is 32.6 Å². The fourth-order valence-electron chi connectivity index (χ4n) is 3.93. The zero-order valence-corrected chi connectivity index (χ0v) is 12.2. The summed E-state index contributed by atoms with van der Waals surface area (Å²) < 4.78 is 0. The zero-order valence-electron chi connectivity index (χ0n) is 12.2. The van der Waals surface area contributed by atoms with E-state index in [1.54, 1.807) is 0 Å². The predicted molar refractivity (Wildman–Crippen MR) is 78.1 cm³/mol. The third kappa shape index (κ3) is 2.97. The van der Waals surface area contributed by atoms with Crippen LogP contribution in [0.2, 0.25) is 0 Å². The standard InChI is InChI=1S/C15H29N4/c1-2-5-11-18(10-4-1)15(14-16-8-9-17-15)19-12-6-3-7-13-19/h16H,1-14H2. The number of likely N-dealkylation sites (tertiary alicyclic amines) is 2. The Morgan fingerprint density at radius 2 is 1.26 bits per heavy atom. The van der Waals surface area contributed by atoms with Crippen LogP contribution in [0.25, 0.3) is 0 Å². The van der Waals surface area contributed by atoms with Gasteiger partial charge in [0.25, 0.3) is 0 Å². The Labute approximate surface area is 117 Å². The Morgan fingerprint density at radius 1 is 0.737 bits per heavy atom. The van der Waals surface area contributed by atoms with Gasteiger partial charge in [-0.2, -0.15) is 0 Å². The van der Waals surface area contributed by atoms with Crippen LogP contribution in [0.5, 0.6) is 0 Å². The van der Waals surface area contributed by atoms with Gasteiger partial charge in [-0.15, -0.1) is 0 Å². The van der Waals surface area contributed by atoms with Crippen molar-refractivity contribution in [3.8, 4) is 0 Å². The van der Waals surface area contributed by atoms with Gasteiger partial charge in [0.1, 0.15) is 0 Å². The average Bonchev–Trinajstić information content (AvgIpc) is 2.78. The second kappa shape index (κ2) is 6.53. The molecule has 19 heavy (non-hydrogen) atoms. The molecule has 3 rings (SSSR count). The number of hydrogen-bond acceptors (Lipinski definition) is 3. The van der Waals surface area contributed by atoms with Gasteiger partial charge >= 0.3 is 0 Å². The number of hydrogen-bond donors (Lipinski definition) is 1. The minimum absolute atomic E-state index is 0.0109. The van der Waals surface area contributed by atoms with Crippen molar-refractivity contribution in [2.75, 3.05) is 45.8 Å². The summed E-state index contributed by atoms with van der Waals surface area (Å²) in [6.45, 7) is 8.02. The highest BCUT2D eigenvalue weighted by Gasteiger charge is 2.44. The van der Waals surface area contributed by atoms with Gasteiger partial charge in [0.05, 0.1) is 0 Å². The maximum atomic E-state index is 5.14. The summed E-state index contributed by atoms with van der Waals surface area (Å²) in [6, 6.07) is 0. The molecule has 0 aromatic heterocycles. The van der Waals surface area contributed by atoms with Crippen molar-refractivity contribution in [2.24, 2.45) is 0 Å². The number of piperazine rings is 1. The first kappa shape index (κ1) is 13.8. The van der Waals surface area contributed by atoms with E-state index < -0.39 is 0 Å². The summed E-state index contributed by atoms with van der Waals surface area (Å²) in [5.74, 6) is -0.0109. The summed E-state index contributed by atoms with van der Waals surface area (Å²) >= 11 is 0. The van der Waals surface area contributed by atoms with Crippen LogP contribution >= 0.6 is 0 Å². The van der Waals surface area contributed by atoms with Crippen molar-refractivity contribution in [3.63, 3.8) is 0 Å². The van der Waals surface area contributed by atoms with Crippen molar-refractivity contribution in [2.45, 2.75) is 50.7 Å². The van der Waals surface area contributed by atoms with Gasteiger partial charge in [-0.3, -0.25) is 9.80 Å². The van der Waals surface area contributed by atoms with Gasteiger partial charge in [0, 0.05) is 45.8 Å². The smallest absolute Gasteiger partial charge is 0.157 e. The van der Waals surface area contributed by atoms with Gasteiger partial charge in [-0.25, -0.2) is 5.32 Å². The van der Waals surface area contributed by atoms with E-state index in [-0.39, 0.29) is 5.79 Å². The molecule has 0 aromatic rings. The monoisotopic (exact) mass is 265 g/mol. The Hall–Kier alpha value is -0.160. The van der Waals surface area contributed by atoms with Crippen LogP contribution in [0.1, 0.15) is 44.9 Å². The van der Waals surface area contributed by atoms with Crippen LogP contribution < -0.4 is 10.6 Å². The van der Waals surface area contributed by atoms with E-state index in [1.807, 2.05) is 0 Å². The molecule has 0 saturated carbocycles. The number of piperidine rings is 1. The van der Waals surface area contributed by atoms with E-state index in [9.17, 15) is 0 Å². The average molecular weight is 265 g/mol. The summed E-state index contributed by atoms with van der Waals surface area (Å²) in [4.78, 5) is 5.37. The fraction of sp³-hybridized carbons (Fsp3) is 1.00. The molecule has 0 bridgehead atoms. The summed E-state index contributed by atoms with van der Waals surface area (Å²) in [5, 5.41) is 8.75. The molecule has 109 valence electrons. The molecule has 3 aliphatic heterocycles. The maximum Gasteiger partial charge on any atom is 0.157 e. The SMILES string of the molecule is C1CCCN(C2(N3CCCCC3)CNCC[N]2)CC1. The molecule has 1 unspecified atom stereocenters. The first-order valence-electron chi connectivity index (χ1n) is 8.31. The minimum Gasteiger partial charge on any atom is -0.311 e. The van der Waals surface area contributed by atoms with Gasteiger partial charge < -0.3 is 5.32 Å². The second-order valence-corrected chi connectivity index (χ2v) is 6.28. The van der Waals surface area contributed by atoms with E-state index in [1.165, 1.54) is 71.1 Å². The fourth-order valence-corrected chi connectivity index (χ4v) is 3.93. The van der Waals surface area contributed by atoms with E-state index >= 15 is 0 Å². The Kier molecular flexibility index (Phi) is 4.74. The molecular weight excluding hydrogens is 236 g/mol. The second-order valence-electron chi connectivity index (χ2n) is 6.28. The molecule has 3 aliphatic rings. The largest absolute Gasteiger partial charge is 0.311 e. The molecular formula is C15H29N4. The van der Waals surface area contributed by atoms with Gasteiger partial charge in [-0.05, 0) is 25.7 Å². The number of nitrogens with one attached hydrogen (secondary N) is 1. The summed E-state index contributed by atoms with van der Waals surface area (Å²) in [6.07, 6.45) is 9.62. The highest BCUT2D eigenvalue weighted by Crippen LogP contribution is 2.27. The molecule has 0 aromatic carbocycles. The third-order valence-corrected chi connectivity index (χ3v) is 4.99. The van der Waals surface area contributed by atoms with Gasteiger partial charge in [0.15, 0.2) is 5.79 Å². The van der Waals surface area contributed by atoms with Crippen molar-refractivity contribution in [1.82, 2.24) is 20.4 Å². The lowest BCUT2D eigenvalue weighted by atomic mass is 10.1. The first-order valence-corrected chi connectivity index (χ1v) is 8.31. The first-order chi connectivity index (χ1) is 9.42. The Morgan fingerprint density at radius 3 is 1.74 bits per heavy atom. The van der Waals surface area contributed by atoms with Crippen molar-refractivity contribution < 1.29 is 0 Å². The molecule has 1 atom stereocenters. The molecule has 4 nitrogen and oxygen atoms in total. The minimum atomic E-state index is -0.0109. The number of nitrogens with zero attached hydrogens (tertiary/aromatic N) is 3. The van der Waals surface area contributed by atoms with E-state index in [0.717, 1.165) is 19.6 Å². The summed E-state index contributed by atoms with van der Waals surface area (Å²) in [5.41, 5.74) is 0. The van der Waals surface area contributed by atoms with Gasteiger partial charge in [-0.1, -0.05) is 19.3 Å². The van der Waals surface area contributed by atoms with Crippen molar-refractivity contribution in [3.05, 3.63) is 0 Å². The number of rotatable bonds is 2. The zero-order chi connectivity index (χ0) is 13.0. The third-order valence-electron chi connectivity index (χ3n) is 4.99. The molecule has 1 radical (unpaired) electrons. The van der Waals surface area contributed by atoms with E-state index in [2.05, 4.69) is 15.1 Å². The quantitative estimate of drug-likeness (QED) is 0.814. The summed E-state index contributed by atoms with van der Waals surface area (Å²) in [7, 11) is 0. The van der Waals surface area contributed by atoms with Crippen LogP contribution in [-0.2, 0) is 0 Å². The van der Waals surface area contributed by atoms with Gasteiger partial charge in [0.2, 0.25) is 0 Å². The van der Waals surface area contributed by atoms with Crippen LogP contribution in [0.3, 0.4) is 0 Å². The predicted octanol–water partition coefficient (Wildman–Crippen LogP) is 1.21. The lowest BCUT2D eigenvalue weighted by molar-refractivity contribution is -0.102. The molecule has 3 heterocycles. The molecule has 0 amide bonds. The van der Waals surface area contributed by atoms with Crippen LogP contribution in [-0.4, -0.2) is 61.4 Å². The molecule has 3 fully saturated rings. The molecule has 3 saturated heterocycles. The Bertz CT molecular complexity index is 261. The van der Waals surface area contributed by atoms with Crippen LogP contribution in [0, 0.1) is 0 Å². The normalized spacial score (nSPS) is 36.0. The van der Waals surface area contributed by atoms with Crippen molar-refractivity contribution >= 4 is 0 Å². The van der Waals surface area contributed by atoms with Crippen molar-refractivity contribution in [1.29, 1.82) is 0 Å². The van der Waals surface area contributed by atoms with E-state index in [0.29, 0.717) is 0 Å². The molecule has 4 heteroatoms. The lowest BCUT2D eigenvalue weighted by Gasteiger charge is -2.53. The molecule has 1 N–H and O–H groups in total. The molecule has 0 aliphatic carbocycles. The highest BCUT2D eigenvalue weighted by molar-refractivity contribution is 4.94. The van der Waals surface area contributed by atoms with Crippen LogP contribution in [0.15, 0.2) is 0 Å². The molecule has 0 spiro atoms. The van der Waals surface area contributed by atoms with Crippen LogP contribution in [0.4, 0.5) is 0 Å². The maximum absolute atomic E-state index is 5.14. The highest BCUT2D eigenvalue weighted by atomic mass is 15.5. The Balaban J connectivity index is 1.77.